The molecular weight excluding hydrogens is 345 g/mol. The Morgan fingerprint density at radius 1 is 0.667 bits per heavy atom. The van der Waals surface area contributed by atoms with Gasteiger partial charge in [-0.05, 0) is 36.4 Å². The zero-order valence-electron chi connectivity index (χ0n) is 15.2. The van der Waals surface area contributed by atoms with Gasteiger partial charge in [-0.2, -0.15) is 0 Å². The molecule has 0 saturated carbocycles. The number of methoxy groups -OCH3 is 2. The molecule has 0 bridgehead atoms. The average Bonchev–Trinajstić information content (AvgIpc) is 2.69. The van der Waals surface area contributed by atoms with Gasteiger partial charge in [0.25, 0.3) is 0 Å². The number of para-hydroxylation sites is 3. The standard InChI is InChI=1S/C20H19NO2.BH3O3/c1-22-19-15-9-14-18(20(19)23-2)21(16-10-5-3-6-11-16)17-12-7-4-8-13-17;2-1(3)4/h3-15H,1-2H3;2-4H. The molecule has 0 saturated heterocycles. The molecule has 140 valence electrons. The lowest BCUT2D eigenvalue weighted by molar-refractivity contribution is 0.278. The second kappa shape index (κ2) is 10.2. The van der Waals surface area contributed by atoms with Crippen molar-refractivity contribution in [3.63, 3.8) is 0 Å². The van der Waals surface area contributed by atoms with Crippen LogP contribution in [0.4, 0.5) is 17.1 Å². The molecule has 0 aliphatic rings. The highest BCUT2D eigenvalue weighted by Crippen LogP contribution is 2.44. The van der Waals surface area contributed by atoms with Crippen molar-refractivity contribution in [3.8, 4) is 11.5 Å². The van der Waals surface area contributed by atoms with E-state index in [1.807, 2.05) is 54.6 Å². The summed E-state index contributed by atoms with van der Waals surface area (Å²) in [6, 6.07) is 26.3. The van der Waals surface area contributed by atoms with Gasteiger partial charge in [0.1, 0.15) is 0 Å². The van der Waals surface area contributed by atoms with Gasteiger partial charge in [-0.15, -0.1) is 0 Å². The van der Waals surface area contributed by atoms with Gasteiger partial charge < -0.3 is 29.4 Å². The third kappa shape index (κ3) is 5.49. The molecule has 0 aliphatic carbocycles. The molecule has 7 heteroatoms. The Morgan fingerprint density at radius 3 is 1.56 bits per heavy atom. The Labute approximate surface area is 159 Å². The molecule has 0 amide bonds. The number of ether oxygens (including phenoxy) is 2. The second-order valence-corrected chi connectivity index (χ2v) is 5.37. The van der Waals surface area contributed by atoms with E-state index in [-0.39, 0.29) is 0 Å². The third-order valence-electron chi connectivity index (χ3n) is 3.65. The number of rotatable bonds is 5. The van der Waals surface area contributed by atoms with Gasteiger partial charge in [0.05, 0.1) is 19.9 Å². The van der Waals surface area contributed by atoms with Gasteiger partial charge >= 0.3 is 7.32 Å². The number of anilines is 3. The fraction of sp³-hybridized carbons (Fsp3) is 0.100. The molecule has 3 aromatic carbocycles. The van der Waals surface area contributed by atoms with Gasteiger partial charge in [-0.3, -0.25) is 0 Å². The lowest BCUT2D eigenvalue weighted by atomic mass is 10.1. The van der Waals surface area contributed by atoms with E-state index in [1.165, 1.54) is 0 Å². The summed E-state index contributed by atoms with van der Waals surface area (Å²) in [6.45, 7) is 0. The first kappa shape index (κ1) is 20.3. The minimum Gasteiger partial charge on any atom is -0.493 e. The molecule has 6 nitrogen and oxygen atoms in total. The maximum atomic E-state index is 7.17. The van der Waals surface area contributed by atoms with Crippen LogP contribution in [0, 0.1) is 0 Å². The van der Waals surface area contributed by atoms with Crippen LogP contribution in [0.1, 0.15) is 0 Å². The van der Waals surface area contributed by atoms with Crippen LogP contribution >= 0.6 is 0 Å². The fourth-order valence-corrected chi connectivity index (χ4v) is 2.63. The highest BCUT2D eigenvalue weighted by molar-refractivity contribution is 6.30. The van der Waals surface area contributed by atoms with Crippen molar-refractivity contribution < 1.29 is 24.5 Å². The second-order valence-electron chi connectivity index (χ2n) is 5.37. The van der Waals surface area contributed by atoms with E-state index in [0.717, 1.165) is 17.1 Å². The summed E-state index contributed by atoms with van der Waals surface area (Å²) in [5, 5.41) is 21.5. The summed E-state index contributed by atoms with van der Waals surface area (Å²) in [4.78, 5) is 2.15. The van der Waals surface area contributed by atoms with Crippen LogP contribution in [0.15, 0.2) is 78.9 Å². The highest BCUT2D eigenvalue weighted by atomic mass is 16.5. The molecule has 0 radical (unpaired) electrons. The van der Waals surface area contributed by atoms with Gasteiger partial charge in [-0.25, -0.2) is 0 Å². The molecule has 3 rings (SSSR count). The summed E-state index contributed by atoms with van der Waals surface area (Å²) in [5.41, 5.74) is 3.06. The van der Waals surface area contributed by atoms with Crippen molar-refractivity contribution in [2.75, 3.05) is 19.1 Å². The number of hydrogen-bond acceptors (Lipinski definition) is 6. The number of nitrogens with zero attached hydrogens (tertiary/aromatic N) is 1. The van der Waals surface area contributed by atoms with Crippen LogP contribution in [0.5, 0.6) is 11.5 Å². The van der Waals surface area contributed by atoms with Crippen molar-refractivity contribution in [1.82, 2.24) is 0 Å². The van der Waals surface area contributed by atoms with Crippen LogP contribution in [-0.2, 0) is 0 Å². The largest absolute Gasteiger partial charge is 0.631 e. The maximum absolute atomic E-state index is 7.17. The lowest BCUT2D eigenvalue weighted by Gasteiger charge is -2.27. The van der Waals surface area contributed by atoms with E-state index in [9.17, 15) is 0 Å². The quantitative estimate of drug-likeness (QED) is 0.601. The van der Waals surface area contributed by atoms with Crippen molar-refractivity contribution in [3.05, 3.63) is 78.9 Å². The Kier molecular flexibility index (Phi) is 7.70. The molecule has 0 unspecified atom stereocenters. The summed E-state index contributed by atoms with van der Waals surface area (Å²) in [6.07, 6.45) is 0. The monoisotopic (exact) mass is 367 g/mol. The van der Waals surface area contributed by atoms with E-state index in [1.54, 1.807) is 14.2 Å². The first-order valence-electron chi connectivity index (χ1n) is 8.24. The van der Waals surface area contributed by atoms with Gasteiger partial charge in [0, 0.05) is 11.4 Å². The Morgan fingerprint density at radius 2 is 1.15 bits per heavy atom. The molecule has 3 aromatic rings. The van der Waals surface area contributed by atoms with Crippen LogP contribution < -0.4 is 14.4 Å². The molecule has 0 aliphatic heterocycles. The van der Waals surface area contributed by atoms with Crippen molar-refractivity contribution in [2.45, 2.75) is 0 Å². The SMILES string of the molecule is COc1cccc(N(c2ccccc2)c2ccccc2)c1OC.OB(O)O. The van der Waals surface area contributed by atoms with Crippen molar-refractivity contribution in [1.29, 1.82) is 0 Å². The zero-order chi connectivity index (χ0) is 19.6. The van der Waals surface area contributed by atoms with Gasteiger partial charge in [0.2, 0.25) is 0 Å². The topological polar surface area (TPSA) is 82.4 Å². The molecular formula is C20H22BNO5. The number of benzene rings is 3. The van der Waals surface area contributed by atoms with Gasteiger partial charge in [-0.1, -0.05) is 42.5 Å². The van der Waals surface area contributed by atoms with Crippen LogP contribution in [0.3, 0.4) is 0 Å². The van der Waals surface area contributed by atoms with E-state index in [0.29, 0.717) is 11.5 Å². The minimum atomic E-state index is -2.17. The summed E-state index contributed by atoms with van der Waals surface area (Å²) in [5.74, 6) is 1.42. The molecule has 3 N–H and O–H groups in total. The minimum absolute atomic E-state index is 0.710. The summed E-state index contributed by atoms with van der Waals surface area (Å²) < 4.78 is 11.1. The number of hydrogen-bond donors (Lipinski definition) is 3. The van der Waals surface area contributed by atoms with E-state index < -0.39 is 7.32 Å². The first-order chi connectivity index (χ1) is 13.1. The van der Waals surface area contributed by atoms with Crippen LogP contribution in [0.25, 0.3) is 0 Å². The molecule has 27 heavy (non-hydrogen) atoms. The Hall–Kier alpha value is -3.00. The van der Waals surface area contributed by atoms with E-state index in [2.05, 4.69) is 29.2 Å². The van der Waals surface area contributed by atoms with Crippen molar-refractivity contribution >= 4 is 24.4 Å². The van der Waals surface area contributed by atoms with E-state index >= 15 is 0 Å². The fourth-order valence-electron chi connectivity index (χ4n) is 2.63. The zero-order valence-corrected chi connectivity index (χ0v) is 15.2. The smallest absolute Gasteiger partial charge is 0.493 e. The molecule has 0 fully saturated rings. The van der Waals surface area contributed by atoms with Crippen LogP contribution in [-0.4, -0.2) is 36.6 Å². The summed E-state index contributed by atoms with van der Waals surface area (Å²) >= 11 is 0. The summed E-state index contributed by atoms with van der Waals surface area (Å²) in [7, 11) is 1.15. The van der Waals surface area contributed by atoms with Crippen molar-refractivity contribution in [2.24, 2.45) is 0 Å². The molecule has 0 heterocycles. The highest BCUT2D eigenvalue weighted by Gasteiger charge is 2.18. The third-order valence-corrected chi connectivity index (χ3v) is 3.65. The molecule has 0 spiro atoms. The predicted octanol–water partition coefficient (Wildman–Crippen LogP) is 3.12. The molecule has 0 atom stereocenters. The maximum Gasteiger partial charge on any atom is 0.631 e. The average molecular weight is 367 g/mol. The normalized spacial score (nSPS) is 9.67. The Bertz CT molecular complexity index is 773. The van der Waals surface area contributed by atoms with Gasteiger partial charge in [0.15, 0.2) is 11.5 Å². The van der Waals surface area contributed by atoms with Crippen LogP contribution in [0.2, 0.25) is 0 Å². The molecule has 0 aromatic heterocycles. The van der Waals surface area contributed by atoms with E-state index in [4.69, 9.17) is 24.5 Å². The first-order valence-corrected chi connectivity index (χ1v) is 8.24. The predicted molar refractivity (Wildman–Crippen MR) is 107 cm³/mol. The lowest BCUT2D eigenvalue weighted by Crippen LogP contribution is -2.11. The Balaban J connectivity index is 0.000000596.